The number of nitrogen functional groups attached to an aromatic ring is 2. The lowest BCUT2D eigenvalue weighted by atomic mass is 9.74. The predicted octanol–water partition coefficient (Wildman–Crippen LogP) is 7.81. The standard InChI is InChI=1S/C17H21N.C9H12BrN.C8H11BO2/c1-11(2)14-9-6-10-15(17(14)18)16-12(3)7-5-8-13(16)4;1-6(2)7-4-3-5-8(10)9(7)11;1-6-4-3-5-7(2)8(6)9(10)11/h5-11H,18H2,1-4H3;3-6H,11H2,1-2H3;3-5,10-11H,1-2H3. The molecule has 0 unspecified atom stereocenters. The number of anilines is 2. The molecule has 0 fully saturated rings. The number of aryl methyl sites for hydroxylation is 4. The number of rotatable bonds is 4. The van der Waals surface area contributed by atoms with Gasteiger partial charge in [0.05, 0.1) is 0 Å². The first-order valence-corrected chi connectivity index (χ1v) is 14.5. The highest BCUT2D eigenvalue weighted by Gasteiger charge is 2.15. The fourth-order valence-electron chi connectivity index (χ4n) is 4.84. The van der Waals surface area contributed by atoms with Gasteiger partial charge in [0.1, 0.15) is 0 Å². The molecule has 6 heteroatoms. The van der Waals surface area contributed by atoms with E-state index in [0.29, 0.717) is 17.3 Å². The highest BCUT2D eigenvalue weighted by Crippen LogP contribution is 2.35. The molecule has 4 rings (SSSR count). The van der Waals surface area contributed by atoms with E-state index >= 15 is 0 Å². The minimum Gasteiger partial charge on any atom is -0.423 e. The Hall–Kier alpha value is -3.06. The second-order valence-electron chi connectivity index (χ2n) is 10.8. The number of halogens is 1. The molecule has 0 heterocycles. The summed E-state index contributed by atoms with van der Waals surface area (Å²) in [5, 5.41) is 17.9. The molecule has 0 aliphatic rings. The molecule has 212 valence electrons. The van der Waals surface area contributed by atoms with Crippen LogP contribution in [0.4, 0.5) is 11.4 Å². The average Bonchev–Trinajstić information content (AvgIpc) is 2.86. The van der Waals surface area contributed by atoms with Crippen LogP contribution in [0.15, 0.2) is 77.3 Å². The van der Waals surface area contributed by atoms with E-state index in [1.807, 2.05) is 44.2 Å². The fraction of sp³-hybridized carbons (Fsp3) is 0.294. The maximum absolute atomic E-state index is 8.94. The zero-order chi connectivity index (χ0) is 30.1. The van der Waals surface area contributed by atoms with Crippen LogP contribution in [0, 0.1) is 27.7 Å². The second-order valence-corrected chi connectivity index (χ2v) is 11.7. The first kappa shape index (κ1) is 33.2. The minimum atomic E-state index is -1.35. The summed E-state index contributed by atoms with van der Waals surface area (Å²) in [6.07, 6.45) is 0. The van der Waals surface area contributed by atoms with Crippen molar-refractivity contribution in [3.8, 4) is 11.1 Å². The van der Waals surface area contributed by atoms with Crippen LogP contribution in [-0.4, -0.2) is 17.2 Å². The van der Waals surface area contributed by atoms with Crippen LogP contribution in [0.2, 0.25) is 0 Å². The second kappa shape index (κ2) is 15.1. The molecule has 0 radical (unpaired) electrons. The van der Waals surface area contributed by atoms with Gasteiger partial charge in [0, 0.05) is 21.4 Å². The van der Waals surface area contributed by atoms with Crippen molar-refractivity contribution in [2.75, 3.05) is 11.5 Å². The molecule has 0 spiro atoms. The van der Waals surface area contributed by atoms with Crippen LogP contribution in [0.5, 0.6) is 0 Å². The Balaban J connectivity index is 0.000000222. The molecule has 0 amide bonds. The summed E-state index contributed by atoms with van der Waals surface area (Å²) >= 11 is 3.39. The third-order valence-corrected chi connectivity index (χ3v) is 7.71. The van der Waals surface area contributed by atoms with E-state index in [4.69, 9.17) is 21.5 Å². The van der Waals surface area contributed by atoms with Gasteiger partial charge in [-0.3, -0.25) is 0 Å². The molecule has 4 aromatic carbocycles. The van der Waals surface area contributed by atoms with Gasteiger partial charge in [-0.25, -0.2) is 0 Å². The predicted molar refractivity (Wildman–Crippen MR) is 178 cm³/mol. The maximum atomic E-state index is 8.94. The Morgan fingerprint density at radius 3 is 1.40 bits per heavy atom. The van der Waals surface area contributed by atoms with Gasteiger partial charge in [-0.2, -0.15) is 0 Å². The van der Waals surface area contributed by atoms with Crippen LogP contribution < -0.4 is 16.9 Å². The minimum absolute atomic E-state index is 0.453. The Morgan fingerprint density at radius 2 is 1.00 bits per heavy atom. The Bertz CT molecular complexity index is 1380. The van der Waals surface area contributed by atoms with Crippen molar-refractivity contribution < 1.29 is 10.0 Å². The molecule has 0 aliphatic carbocycles. The molecule has 0 atom stereocenters. The van der Waals surface area contributed by atoms with E-state index in [1.165, 1.54) is 27.8 Å². The Labute approximate surface area is 249 Å². The summed E-state index contributed by atoms with van der Waals surface area (Å²) in [6, 6.07) is 24.4. The zero-order valence-corrected chi connectivity index (χ0v) is 26.7. The molecule has 0 saturated heterocycles. The number of benzene rings is 4. The lowest BCUT2D eigenvalue weighted by molar-refractivity contribution is 0.425. The summed E-state index contributed by atoms with van der Waals surface area (Å²) < 4.78 is 0.990. The van der Waals surface area contributed by atoms with Crippen molar-refractivity contribution in [2.24, 2.45) is 0 Å². The summed E-state index contributed by atoms with van der Waals surface area (Å²) in [5.74, 6) is 0.946. The van der Waals surface area contributed by atoms with Gasteiger partial charge in [0.2, 0.25) is 0 Å². The van der Waals surface area contributed by atoms with Gasteiger partial charge in [0.15, 0.2) is 0 Å². The molecule has 4 aromatic rings. The summed E-state index contributed by atoms with van der Waals surface area (Å²) in [5.41, 5.74) is 23.9. The summed E-state index contributed by atoms with van der Waals surface area (Å²) in [4.78, 5) is 0. The van der Waals surface area contributed by atoms with E-state index in [-0.39, 0.29) is 0 Å². The Morgan fingerprint density at radius 1 is 0.600 bits per heavy atom. The highest BCUT2D eigenvalue weighted by molar-refractivity contribution is 9.10. The van der Waals surface area contributed by atoms with Gasteiger partial charge < -0.3 is 21.5 Å². The van der Waals surface area contributed by atoms with Crippen molar-refractivity contribution in [3.05, 3.63) is 111 Å². The van der Waals surface area contributed by atoms with Gasteiger partial charge >= 0.3 is 7.12 Å². The van der Waals surface area contributed by atoms with E-state index in [2.05, 4.69) is 99.9 Å². The molecule has 6 N–H and O–H groups in total. The monoisotopic (exact) mass is 602 g/mol. The van der Waals surface area contributed by atoms with E-state index in [9.17, 15) is 0 Å². The van der Waals surface area contributed by atoms with Crippen LogP contribution in [0.25, 0.3) is 11.1 Å². The number of nitrogens with two attached hydrogens (primary N) is 2. The van der Waals surface area contributed by atoms with Crippen molar-refractivity contribution in [3.63, 3.8) is 0 Å². The normalized spacial score (nSPS) is 10.5. The lowest BCUT2D eigenvalue weighted by Gasteiger charge is -2.17. The zero-order valence-electron chi connectivity index (χ0n) is 25.1. The fourth-order valence-corrected chi connectivity index (χ4v) is 5.22. The van der Waals surface area contributed by atoms with Crippen molar-refractivity contribution in [1.82, 2.24) is 0 Å². The van der Waals surface area contributed by atoms with Crippen LogP contribution in [-0.2, 0) is 0 Å². The highest BCUT2D eigenvalue weighted by atomic mass is 79.9. The lowest BCUT2D eigenvalue weighted by Crippen LogP contribution is -2.34. The topological polar surface area (TPSA) is 92.5 Å². The molecule has 0 saturated carbocycles. The van der Waals surface area contributed by atoms with E-state index in [1.54, 1.807) is 0 Å². The third-order valence-electron chi connectivity index (χ3n) is 7.02. The van der Waals surface area contributed by atoms with E-state index in [0.717, 1.165) is 32.5 Å². The van der Waals surface area contributed by atoms with Gasteiger partial charge in [-0.15, -0.1) is 0 Å². The van der Waals surface area contributed by atoms with Crippen molar-refractivity contribution in [2.45, 2.75) is 67.2 Å². The number of hydrogen-bond donors (Lipinski definition) is 4. The molecule has 0 aromatic heterocycles. The van der Waals surface area contributed by atoms with Gasteiger partial charge in [-0.1, -0.05) is 106 Å². The van der Waals surface area contributed by atoms with Gasteiger partial charge in [-0.05, 0) is 94.8 Å². The van der Waals surface area contributed by atoms with Crippen molar-refractivity contribution in [1.29, 1.82) is 0 Å². The molecule has 40 heavy (non-hydrogen) atoms. The van der Waals surface area contributed by atoms with Crippen LogP contribution >= 0.6 is 15.9 Å². The van der Waals surface area contributed by atoms with Crippen LogP contribution in [0.1, 0.15) is 72.9 Å². The SMILES string of the molecule is CC(C)c1cccc(Br)c1N.Cc1cccc(C)c1-c1cccc(C(C)C)c1N.Cc1cccc(C)c1B(O)O. The number of para-hydroxylation sites is 2. The third kappa shape index (κ3) is 8.47. The summed E-state index contributed by atoms with van der Waals surface area (Å²) in [6.45, 7) is 16.6. The first-order valence-electron chi connectivity index (χ1n) is 13.7. The molecule has 0 aliphatic heterocycles. The average molecular weight is 603 g/mol. The quantitative estimate of drug-likeness (QED) is 0.141. The molecule has 4 nitrogen and oxygen atoms in total. The number of hydrogen-bond acceptors (Lipinski definition) is 4. The van der Waals surface area contributed by atoms with Crippen molar-refractivity contribution >= 4 is 39.9 Å². The van der Waals surface area contributed by atoms with Gasteiger partial charge in [0.25, 0.3) is 0 Å². The van der Waals surface area contributed by atoms with E-state index < -0.39 is 7.12 Å². The molecular weight excluding hydrogens is 559 g/mol. The maximum Gasteiger partial charge on any atom is 0.488 e. The van der Waals surface area contributed by atoms with Crippen LogP contribution in [0.3, 0.4) is 0 Å². The Kier molecular flexibility index (Phi) is 12.5. The molecule has 0 bridgehead atoms. The molecular formula is C34H44BBrN2O2. The largest absolute Gasteiger partial charge is 0.488 e. The smallest absolute Gasteiger partial charge is 0.423 e. The summed E-state index contributed by atoms with van der Waals surface area (Å²) in [7, 11) is -1.35. The first-order chi connectivity index (χ1) is 18.8.